The van der Waals surface area contributed by atoms with Crippen molar-refractivity contribution in [1.29, 1.82) is 0 Å². The zero-order valence-electron chi connectivity index (χ0n) is 8.13. The second-order valence-corrected chi connectivity index (χ2v) is 4.04. The number of hydrogen-bond donors (Lipinski definition) is 1. The Morgan fingerprint density at radius 2 is 1.93 bits per heavy atom. The molecule has 1 heterocycles. The molecular weight excluding hydrogens is 206 g/mol. The summed E-state index contributed by atoms with van der Waals surface area (Å²) in [5.74, 6) is 0. The van der Waals surface area contributed by atoms with E-state index < -0.39 is 0 Å². The van der Waals surface area contributed by atoms with Gasteiger partial charge in [-0.15, -0.1) is 5.10 Å². The fourth-order valence-corrected chi connectivity index (χ4v) is 2.07. The molecular formula is C11H11N3S. The molecule has 2 rings (SSSR count). The van der Waals surface area contributed by atoms with Gasteiger partial charge in [-0.1, -0.05) is 30.0 Å². The minimum Gasteiger partial charge on any atom is -0.326 e. The first-order valence-electron chi connectivity index (χ1n) is 4.63. The van der Waals surface area contributed by atoms with Gasteiger partial charge in [0.05, 0.1) is 0 Å². The van der Waals surface area contributed by atoms with Crippen LogP contribution in [0.1, 0.15) is 5.56 Å². The number of aromatic nitrogens is 2. The highest BCUT2D eigenvalue weighted by Crippen LogP contribution is 2.27. The van der Waals surface area contributed by atoms with Gasteiger partial charge in [-0.25, -0.2) is 0 Å². The molecule has 0 amide bonds. The van der Waals surface area contributed by atoms with Crippen molar-refractivity contribution in [2.45, 2.75) is 16.5 Å². The van der Waals surface area contributed by atoms with E-state index in [1.807, 2.05) is 36.4 Å². The maximum Gasteiger partial charge on any atom is 0.128 e. The molecule has 0 atom stereocenters. The van der Waals surface area contributed by atoms with Crippen LogP contribution in [0.2, 0.25) is 0 Å². The Kier molecular flexibility index (Phi) is 3.32. The number of nitrogens with zero attached hydrogens (tertiary/aromatic N) is 2. The molecule has 0 aliphatic heterocycles. The van der Waals surface area contributed by atoms with Crippen molar-refractivity contribution < 1.29 is 0 Å². The third-order valence-corrected chi connectivity index (χ3v) is 2.99. The van der Waals surface area contributed by atoms with Gasteiger partial charge in [0, 0.05) is 23.2 Å². The summed E-state index contributed by atoms with van der Waals surface area (Å²) in [6, 6.07) is 12.0. The molecule has 0 spiro atoms. The van der Waals surface area contributed by atoms with Crippen LogP contribution in [0.5, 0.6) is 0 Å². The zero-order valence-corrected chi connectivity index (χ0v) is 8.95. The van der Waals surface area contributed by atoms with Gasteiger partial charge in [-0.3, -0.25) is 0 Å². The zero-order chi connectivity index (χ0) is 10.5. The second kappa shape index (κ2) is 4.91. The van der Waals surface area contributed by atoms with E-state index in [-0.39, 0.29) is 0 Å². The number of rotatable bonds is 3. The van der Waals surface area contributed by atoms with Crippen molar-refractivity contribution in [2.24, 2.45) is 5.73 Å². The summed E-state index contributed by atoms with van der Waals surface area (Å²) in [4.78, 5) is 1.15. The Morgan fingerprint density at radius 3 is 2.67 bits per heavy atom. The van der Waals surface area contributed by atoms with Gasteiger partial charge < -0.3 is 5.73 Å². The van der Waals surface area contributed by atoms with Gasteiger partial charge >= 0.3 is 0 Å². The summed E-state index contributed by atoms with van der Waals surface area (Å²) in [5, 5.41) is 8.82. The molecule has 0 radical (unpaired) electrons. The Balaban J connectivity index is 2.24. The van der Waals surface area contributed by atoms with E-state index in [1.165, 1.54) is 0 Å². The molecule has 0 fully saturated rings. The van der Waals surface area contributed by atoms with Gasteiger partial charge in [-0.2, -0.15) is 5.10 Å². The van der Waals surface area contributed by atoms with Gasteiger partial charge in [0.25, 0.3) is 0 Å². The fraction of sp³-hybridized carbons (Fsp3) is 0.0909. The minimum absolute atomic E-state index is 0.491. The van der Waals surface area contributed by atoms with Crippen LogP contribution in [0.3, 0.4) is 0 Å². The molecule has 2 aromatic rings. The molecule has 0 aliphatic rings. The lowest BCUT2D eigenvalue weighted by molar-refractivity contribution is 0.866. The van der Waals surface area contributed by atoms with Crippen LogP contribution in [0, 0.1) is 0 Å². The highest BCUT2D eigenvalue weighted by Gasteiger charge is 2.04. The van der Waals surface area contributed by atoms with E-state index >= 15 is 0 Å². The summed E-state index contributed by atoms with van der Waals surface area (Å²) in [6.07, 6.45) is 1.66. The SMILES string of the molecule is NCc1ccnnc1Sc1ccccc1. The van der Waals surface area contributed by atoms with Crippen LogP contribution < -0.4 is 5.73 Å². The predicted molar refractivity (Wildman–Crippen MR) is 60.5 cm³/mol. The molecule has 1 aromatic carbocycles. The summed E-state index contributed by atoms with van der Waals surface area (Å²) >= 11 is 1.59. The van der Waals surface area contributed by atoms with Gasteiger partial charge in [0.1, 0.15) is 5.03 Å². The Hall–Kier alpha value is -1.39. The molecule has 0 aliphatic carbocycles. The van der Waals surface area contributed by atoms with E-state index in [0.717, 1.165) is 15.5 Å². The first kappa shape index (κ1) is 10.1. The van der Waals surface area contributed by atoms with Crippen LogP contribution in [-0.4, -0.2) is 10.2 Å². The van der Waals surface area contributed by atoms with E-state index in [0.29, 0.717) is 6.54 Å². The topological polar surface area (TPSA) is 51.8 Å². The van der Waals surface area contributed by atoms with Crippen LogP contribution >= 0.6 is 11.8 Å². The average Bonchev–Trinajstić information content (AvgIpc) is 2.31. The minimum atomic E-state index is 0.491. The van der Waals surface area contributed by atoms with Crippen LogP contribution in [-0.2, 0) is 6.54 Å². The van der Waals surface area contributed by atoms with Crippen molar-refractivity contribution in [3.8, 4) is 0 Å². The van der Waals surface area contributed by atoms with Crippen molar-refractivity contribution >= 4 is 11.8 Å². The largest absolute Gasteiger partial charge is 0.326 e. The first-order chi connectivity index (χ1) is 7.40. The van der Waals surface area contributed by atoms with E-state index in [2.05, 4.69) is 10.2 Å². The maximum atomic E-state index is 5.62. The molecule has 0 bridgehead atoms. The van der Waals surface area contributed by atoms with Crippen molar-refractivity contribution in [2.75, 3.05) is 0 Å². The maximum absolute atomic E-state index is 5.62. The van der Waals surface area contributed by atoms with E-state index in [9.17, 15) is 0 Å². The normalized spacial score (nSPS) is 10.2. The Bertz CT molecular complexity index is 431. The molecule has 3 nitrogen and oxygen atoms in total. The van der Waals surface area contributed by atoms with Crippen LogP contribution in [0.15, 0.2) is 52.5 Å². The smallest absolute Gasteiger partial charge is 0.128 e. The van der Waals surface area contributed by atoms with Crippen LogP contribution in [0.25, 0.3) is 0 Å². The highest BCUT2D eigenvalue weighted by atomic mass is 32.2. The van der Waals surface area contributed by atoms with Crippen LogP contribution in [0.4, 0.5) is 0 Å². The standard InChI is InChI=1S/C11H11N3S/c12-8-9-6-7-13-14-11(9)15-10-4-2-1-3-5-10/h1-7H,8,12H2. The lowest BCUT2D eigenvalue weighted by Gasteiger charge is -2.04. The average molecular weight is 217 g/mol. The quantitative estimate of drug-likeness (QED) is 0.855. The molecule has 15 heavy (non-hydrogen) atoms. The molecule has 4 heteroatoms. The van der Waals surface area contributed by atoms with Gasteiger partial charge in [0.2, 0.25) is 0 Å². The predicted octanol–water partition coefficient (Wildman–Crippen LogP) is 2.09. The Labute approximate surface area is 92.7 Å². The molecule has 2 N–H and O–H groups in total. The molecule has 76 valence electrons. The van der Waals surface area contributed by atoms with E-state index in [4.69, 9.17) is 5.73 Å². The number of benzene rings is 1. The summed E-state index contributed by atoms with van der Waals surface area (Å²) in [6.45, 7) is 0.491. The third kappa shape index (κ3) is 2.55. The third-order valence-electron chi connectivity index (χ3n) is 1.94. The lowest BCUT2D eigenvalue weighted by Crippen LogP contribution is -2.00. The van der Waals surface area contributed by atoms with Gasteiger partial charge in [-0.05, 0) is 18.2 Å². The second-order valence-electron chi connectivity index (χ2n) is 2.98. The van der Waals surface area contributed by atoms with Crippen molar-refractivity contribution in [1.82, 2.24) is 10.2 Å². The summed E-state index contributed by atoms with van der Waals surface area (Å²) in [7, 11) is 0. The molecule has 0 saturated carbocycles. The summed E-state index contributed by atoms with van der Waals surface area (Å²) < 4.78 is 0. The number of nitrogens with two attached hydrogens (primary N) is 1. The first-order valence-corrected chi connectivity index (χ1v) is 5.45. The molecule has 0 saturated heterocycles. The molecule has 1 aromatic heterocycles. The number of hydrogen-bond acceptors (Lipinski definition) is 4. The van der Waals surface area contributed by atoms with Gasteiger partial charge in [0.15, 0.2) is 0 Å². The lowest BCUT2D eigenvalue weighted by atomic mass is 10.3. The fourth-order valence-electron chi connectivity index (χ4n) is 1.19. The van der Waals surface area contributed by atoms with Crippen molar-refractivity contribution in [3.05, 3.63) is 48.2 Å². The highest BCUT2D eigenvalue weighted by molar-refractivity contribution is 7.99. The molecule has 0 unspecified atom stereocenters. The van der Waals surface area contributed by atoms with E-state index in [1.54, 1.807) is 18.0 Å². The summed E-state index contributed by atoms with van der Waals surface area (Å²) in [5.41, 5.74) is 6.65. The monoisotopic (exact) mass is 217 g/mol. The Morgan fingerprint density at radius 1 is 1.13 bits per heavy atom. The van der Waals surface area contributed by atoms with Crippen molar-refractivity contribution in [3.63, 3.8) is 0 Å².